The first-order chi connectivity index (χ1) is 6.25. The van der Waals surface area contributed by atoms with Crippen LogP contribution in [-0.4, -0.2) is 9.55 Å². The van der Waals surface area contributed by atoms with E-state index in [2.05, 4.69) is 9.55 Å². The van der Waals surface area contributed by atoms with Crippen molar-refractivity contribution >= 4 is 5.82 Å². The highest BCUT2D eigenvalue weighted by atomic mass is 15.1. The third-order valence-electron chi connectivity index (χ3n) is 2.92. The van der Waals surface area contributed by atoms with Crippen LogP contribution in [0.5, 0.6) is 0 Å². The van der Waals surface area contributed by atoms with E-state index in [1.54, 1.807) is 0 Å². The van der Waals surface area contributed by atoms with Crippen LogP contribution < -0.4 is 5.73 Å². The Morgan fingerprint density at radius 1 is 1.54 bits per heavy atom. The van der Waals surface area contributed by atoms with Gasteiger partial charge in [-0.15, -0.1) is 0 Å². The summed E-state index contributed by atoms with van der Waals surface area (Å²) in [5.74, 6) is 2.55. The molecule has 0 atom stereocenters. The number of nitrogen functional groups attached to an aromatic ring is 1. The second-order valence-electron chi connectivity index (χ2n) is 4.02. The summed E-state index contributed by atoms with van der Waals surface area (Å²) in [6.07, 6.45) is 7.49. The molecule has 0 bridgehead atoms. The second-order valence-corrected chi connectivity index (χ2v) is 4.02. The van der Waals surface area contributed by atoms with Crippen molar-refractivity contribution in [3.63, 3.8) is 0 Å². The van der Waals surface area contributed by atoms with Crippen LogP contribution in [0.4, 0.5) is 5.82 Å². The number of nitrogens with zero attached hydrogens (tertiary/aromatic N) is 2. The van der Waals surface area contributed by atoms with E-state index in [1.807, 2.05) is 13.1 Å². The number of nitrogens with two attached hydrogens (primary N) is 1. The van der Waals surface area contributed by atoms with Crippen LogP contribution in [0.25, 0.3) is 0 Å². The van der Waals surface area contributed by atoms with Crippen molar-refractivity contribution in [3.8, 4) is 0 Å². The molecule has 3 heteroatoms. The van der Waals surface area contributed by atoms with E-state index in [1.165, 1.54) is 25.7 Å². The summed E-state index contributed by atoms with van der Waals surface area (Å²) in [7, 11) is 0. The quantitative estimate of drug-likeness (QED) is 0.754. The fourth-order valence-corrected chi connectivity index (χ4v) is 2.19. The highest BCUT2D eigenvalue weighted by Crippen LogP contribution is 2.26. The lowest BCUT2D eigenvalue weighted by Crippen LogP contribution is -2.07. The Hall–Kier alpha value is -0.990. The molecule has 1 saturated carbocycles. The molecular formula is C10H17N3. The number of rotatable bonds is 2. The van der Waals surface area contributed by atoms with Crippen LogP contribution in [0, 0.1) is 12.8 Å². The Balaban J connectivity index is 2.03. The molecule has 0 spiro atoms. The van der Waals surface area contributed by atoms with Crippen molar-refractivity contribution in [1.29, 1.82) is 0 Å². The summed E-state index contributed by atoms with van der Waals surface area (Å²) in [5, 5.41) is 0. The van der Waals surface area contributed by atoms with Crippen molar-refractivity contribution in [2.75, 3.05) is 5.73 Å². The van der Waals surface area contributed by atoms with Gasteiger partial charge in [0.15, 0.2) is 0 Å². The summed E-state index contributed by atoms with van der Waals surface area (Å²) in [6.45, 7) is 3.13. The van der Waals surface area contributed by atoms with E-state index >= 15 is 0 Å². The summed E-state index contributed by atoms with van der Waals surface area (Å²) >= 11 is 0. The monoisotopic (exact) mass is 179 g/mol. The summed E-state index contributed by atoms with van der Waals surface area (Å²) < 4.78 is 2.19. The predicted molar refractivity (Wildman–Crippen MR) is 53.3 cm³/mol. The maximum Gasteiger partial charge on any atom is 0.141 e. The molecule has 1 aliphatic carbocycles. The van der Waals surface area contributed by atoms with Crippen LogP contribution in [0.15, 0.2) is 6.20 Å². The average molecular weight is 179 g/mol. The third kappa shape index (κ3) is 1.85. The molecule has 13 heavy (non-hydrogen) atoms. The molecule has 0 radical (unpaired) electrons. The number of aryl methyl sites for hydroxylation is 1. The Bertz CT molecular complexity index is 284. The maximum absolute atomic E-state index is 5.62. The zero-order chi connectivity index (χ0) is 9.26. The van der Waals surface area contributed by atoms with E-state index in [0.29, 0.717) is 5.82 Å². The Morgan fingerprint density at radius 3 is 2.77 bits per heavy atom. The number of imidazole rings is 1. The van der Waals surface area contributed by atoms with Gasteiger partial charge in [-0.05, 0) is 25.7 Å². The molecule has 0 aliphatic heterocycles. The average Bonchev–Trinajstić information content (AvgIpc) is 2.63. The molecule has 1 aromatic heterocycles. The van der Waals surface area contributed by atoms with Crippen LogP contribution in [-0.2, 0) is 6.54 Å². The standard InChI is InChI=1S/C10H17N3/c1-8-12-10(11)7-13(8)6-9-4-2-3-5-9/h7,9H,2-6,11H2,1H3. The van der Waals surface area contributed by atoms with Gasteiger partial charge in [-0.3, -0.25) is 0 Å². The molecule has 0 unspecified atom stereocenters. The Kier molecular flexibility index (Phi) is 2.25. The SMILES string of the molecule is Cc1nc(N)cn1CC1CCCC1. The summed E-state index contributed by atoms with van der Waals surface area (Å²) in [6, 6.07) is 0. The van der Waals surface area contributed by atoms with E-state index in [4.69, 9.17) is 5.73 Å². The molecule has 1 aliphatic rings. The highest BCUT2D eigenvalue weighted by molar-refractivity contribution is 5.25. The van der Waals surface area contributed by atoms with Gasteiger partial charge in [0.25, 0.3) is 0 Å². The molecule has 72 valence electrons. The van der Waals surface area contributed by atoms with Gasteiger partial charge < -0.3 is 10.3 Å². The maximum atomic E-state index is 5.62. The van der Waals surface area contributed by atoms with Gasteiger partial charge in [-0.25, -0.2) is 4.98 Å². The van der Waals surface area contributed by atoms with E-state index in [9.17, 15) is 0 Å². The third-order valence-corrected chi connectivity index (χ3v) is 2.92. The predicted octanol–water partition coefficient (Wildman–Crippen LogP) is 1.96. The van der Waals surface area contributed by atoms with Gasteiger partial charge in [0, 0.05) is 12.7 Å². The minimum absolute atomic E-state index is 0.649. The number of hydrogen-bond acceptors (Lipinski definition) is 2. The number of aromatic nitrogens is 2. The van der Waals surface area contributed by atoms with Gasteiger partial charge in [0.1, 0.15) is 11.6 Å². The zero-order valence-electron chi connectivity index (χ0n) is 8.16. The van der Waals surface area contributed by atoms with E-state index < -0.39 is 0 Å². The fraction of sp³-hybridized carbons (Fsp3) is 0.700. The van der Waals surface area contributed by atoms with Crippen molar-refractivity contribution in [2.45, 2.75) is 39.2 Å². The van der Waals surface area contributed by atoms with E-state index in [0.717, 1.165) is 18.3 Å². The van der Waals surface area contributed by atoms with Gasteiger partial charge >= 0.3 is 0 Å². The van der Waals surface area contributed by atoms with Crippen LogP contribution >= 0.6 is 0 Å². The molecule has 1 fully saturated rings. The number of hydrogen-bond donors (Lipinski definition) is 1. The normalized spacial score (nSPS) is 18.2. The van der Waals surface area contributed by atoms with Gasteiger partial charge in [0.05, 0.1) is 0 Å². The zero-order valence-corrected chi connectivity index (χ0v) is 8.16. The molecule has 0 aromatic carbocycles. The topological polar surface area (TPSA) is 43.8 Å². The summed E-state index contributed by atoms with van der Waals surface area (Å²) in [4.78, 5) is 4.19. The van der Waals surface area contributed by atoms with E-state index in [-0.39, 0.29) is 0 Å². The first-order valence-electron chi connectivity index (χ1n) is 5.05. The van der Waals surface area contributed by atoms with Crippen molar-refractivity contribution < 1.29 is 0 Å². The molecule has 2 N–H and O–H groups in total. The van der Waals surface area contributed by atoms with Crippen LogP contribution in [0.2, 0.25) is 0 Å². The molecule has 3 nitrogen and oxygen atoms in total. The summed E-state index contributed by atoms with van der Waals surface area (Å²) in [5.41, 5.74) is 5.62. The minimum atomic E-state index is 0.649. The first-order valence-corrected chi connectivity index (χ1v) is 5.05. The molecular weight excluding hydrogens is 162 g/mol. The minimum Gasteiger partial charge on any atom is -0.382 e. The molecule has 0 saturated heterocycles. The fourth-order valence-electron chi connectivity index (χ4n) is 2.19. The first kappa shape index (κ1) is 8.60. The lowest BCUT2D eigenvalue weighted by molar-refractivity contribution is 0.451. The highest BCUT2D eigenvalue weighted by Gasteiger charge is 2.16. The van der Waals surface area contributed by atoms with Crippen LogP contribution in [0.3, 0.4) is 0 Å². The Morgan fingerprint density at radius 2 is 2.23 bits per heavy atom. The Labute approximate surface area is 79.0 Å². The van der Waals surface area contributed by atoms with Crippen molar-refractivity contribution in [1.82, 2.24) is 9.55 Å². The lowest BCUT2D eigenvalue weighted by Gasteiger charge is -2.10. The molecule has 1 heterocycles. The van der Waals surface area contributed by atoms with Gasteiger partial charge in [-0.1, -0.05) is 12.8 Å². The molecule has 1 aromatic rings. The van der Waals surface area contributed by atoms with Crippen molar-refractivity contribution in [2.24, 2.45) is 5.92 Å². The number of anilines is 1. The smallest absolute Gasteiger partial charge is 0.141 e. The van der Waals surface area contributed by atoms with Crippen molar-refractivity contribution in [3.05, 3.63) is 12.0 Å². The second kappa shape index (κ2) is 3.40. The van der Waals surface area contributed by atoms with Crippen LogP contribution in [0.1, 0.15) is 31.5 Å². The van der Waals surface area contributed by atoms with Gasteiger partial charge in [-0.2, -0.15) is 0 Å². The van der Waals surface area contributed by atoms with Gasteiger partial charge in [0.2, 0.25) is 0 Å². The largest absolute Gasteiger partial charge is 0.382 e. The molecule has 2 rings (SSSR count). The lowest BCUT2D eigenvalue weighted by atomic mass is 10.1. The molecule has 0 amide bonds.